The van der Waals surface area contributed by atoms with Crippen molar-refractivity contribution in [2.75, 3.05) is 11.9 Å². The van der Waals surface area contributed by atoms with Crippen LogP contribution in [0.4, 0.5) is 5.69 Å². The predicted molar refractivity (Wildman–Crippen MR) is 105 cm³/mol. The van der Waals surface area contributed by atoms with Crippen LogP contribution in [0.5, 0.6) is 0 Å². The van der Waals surface area contributed by atoms with Gasteiger partial charge in [0.1, 0.15) is 5.01 Å². The minimum Gasteiger partial charge on any atom is -0.455 e. The summed E-state index contributed by atoms with van der Waals surface area (Å²) in [6.45, 7) is 1.05. The van der Waals surface area contributed by atoms with E-state index in [0.717, 1.165) is 10.6 Å². The SMILES string of the molecule is CC(=O)c1cccc(NC(=O)COC(=O)Cc2csc(-c3ccsc3)n2)c1. The molecule has 1 N–H and O–H groups in total. The second kappa shape index (κ2) is 8.70. The fraction of sp³-hybridized carbons (Fsp3) is 0.158. The molecule has 0 atom stereocenters. The van der Waals surface area contributed by atoms with Gasteiger partial charge in [-0.2, -0.15) is 11.3 Å². The molecule has 2 heterocycles. The Morgan fingerprint density at radius 1 is 1.19 bits per heavy atom. The number of thiazole rings is 1. The molecule has 1 aromatic carbocycles. The van der Waals surface area contributed by atoms with Crippen molar-refractivity contribution in [1.29, 1.82) is 0 Å². The Bertz CT molecular complexity index is 964. The number of hydrogen-bond acceptors (Lipinski definition) is 7. The molecular weight excluding hydrogens is 384 g/mol. The van der Waals surface area contributed by atoms with Crippen LogP contribution in [0.15, 0.2) is 46.5 Å². The van der Waals surface area contributed by atoms with Crippen LogP contribution in [0.2, 0.25) is 0 Å². The van der Waals surface area contributed by atoms with Gasteiger partial charge in [-0.15, -0.1) is 11.3 Å². The number of hydrogen-bond donors (Lipinski definition) is 1. The molecule has 6 nitrogen and oxygen atoms in total. The van der Waals surface area contributed by atoms with E-state index in [1.807, 2.05) is 22.2 Å². The molecule has 8 heteroatoms. The molecule has 1 amide bonds. The lowest BCUT2D eigenvalue weighted by Gasteiger charge is -2.07. The molecule has 3 aromatic rings. The van der Waals surface area contributed by atoms with Gasteiger partial charge in [0.05, 0.1) is 12.1 Å². The third-order valence-electron chi connectivity index (χ3n) is 3.56. The van der Waals surface area contributed by atoms with Crippen LogP contribution in [-0.4, -0.2) is 29.3 Å². The molecule has 0 bridgehead atoms. The zero-order valence-electron chi connectivity index (χ0n) is 14.4. The largest absolute Gasteiger partial charge is 0.455 e. The highest BCUT2D eigenvalue weighted by Gasteiger charge is 2.12. The maximum Gasteiger partial charge on any atom is 0.312 e. The van der Waals surface area contributed by atoms with Crippen LogP contribution in [-0.2, 0) is 20.7 Å². The number of esters is 1. The Morgan fingerprint density at radius 2 is 2.04 bits per heavy atom. The van der Waals surface area contributed by atoms with Gasteiger partial charge in [-0.3, -0.25) is 14.4 Å². The molecular formula is C19H16N2O4S2. The minimum atomic E-state index is -0.523. The number of carbonyl (C=O) groups excluding carboxylic acids is 3. The third kappa shape index (κ3) is 5.32. The molecule has 0 saturated carbocycles. The maximum absolute atomic E-state index is 11.9. The van der Waals surface area contributed by atoms with E-state index >= 15 is 0 Å². The van der Waals surface area contributed by atoms with E-state index < -0.39 is 18.5 Å². The summed E-state index contributed by atoms with van der Waals surface area (Å²) >= 11 is 3.04. The number of rotatable bonds is 7. The topological polar surface area (TPSA) is 85.4 Å². The van der Waals surface area contributed by atoms with Gasteiger partial charge in [0.25, 0.3) is 5.91 Å². The van der Waals surface area contributed by atoms with Crippen molar-refractivity contribution in [2.24, 2.45) is 0 Å². The second-order valence-corrected chi connectivity index (χ2v) is 7.32. The van der Waals surface area contributed by atoms with Crippen LogP contribution in [0.3, 0.4) is 0 Å². The molecule has 0 unspecified atom stereocenters. The summed E-state index contributed by atoms with van der Waals surface area (Å²) < 4.78 is 5.01. The Hall–Kier alpha value is -2.84. The normalized spacial score (nSPS) is 10.4. The van der Waals surface area contributed by atoms with Crippen LogP contribution in [0.25, 0.3) is 10.6 Å². The van der Waals surface area contributed by atoms with Crippen molar-refractivity contribution in [1.82, 2.24) is 4.98 Å². The first kappa shape index (κ1) is 18.9. The summed E-state index contributed by atoms with van der Waals surface area (Å²) in [5.74, 6) is -1.09. The number of ketones is 1. The second-order valence-electron chi connectivity index (χ2n) is 5.68. The Balaban J connectivity index is 1.48. The summed E-state index contributed by atoms with van der Waals surface area (Å²) in [5.41, 5.74) is 2.61. The highest BCUT2D eigenvalue weighted by molar-refractivity contribution is 7.14. The number of ether oxygens (including phenoxy) is 1. The number of benzene rings is 1. The molecule has 0 fully saturated rings. The number of nitrogens with zero attached hydrogens (tertiary/aromatic N) is 1. The first-order chi connectivity index (χ1) is 13.0. The highest BCUT2D eigenvalue weighted by Crippen LogP contribution is 2.25. The first-order valence-corrected chi connectivity index (χ1v) is 9.87. The van der Waals surface area contributed by atoms with E-state index in [4.69, 9.17) is 4.74 Å². The number of anilines is 1. The zero-order chi connectivity index (χ0) is 19.2. The molecule has 0 radical (unpaired) electrons. The van der Waals surface area contributed by atoms with Gasteiger partial charge in [-0.25, -0.2) is 4.98 Å². The standard InChI is InChI=1S/C19H16N2O4S2/c1-12(22)13-3-2-4-15(7-13)20-17(23)9-25-18(24)8-16-11-27-19(21-16)14-5-6-26-10-14/h2-7,10-11H,8-9H2,1H3,(H,20,23). The molecule has 138 valence electrons. The first-order valence-electron chi connectivity index (χ1n) is 8.05. The summed E-state index contributed by atoms with van der Waals surface area (Å²) in [5, 5.41) is 9.21. The van der Waals surface area contributed by atoms with Crippen LogP contribution < -0.4 is 5.32 Å². The Kier molecular flexibility index (Phi) is 6.10. The molecule has 0 saturated heterocycles. The van der Waals surface area contributed by atoms with Gasteiger partial charge in [0.15, 0.2) is 12.4 Å². The molecule has 0 aliphatic rings. The van der Waals surface area contributed by atoms with Gasteiger partial charge in [-0.05, 0) is 30.5 Å². The average molecular weight is 400 g/mol. The molecule has 0 aliphatic heterocycles. The minimum absolute atomic E-state index is 0.00768. The number of aromatic nitrogens is 1. The van der Waals surface area contributed by atoms with Crippen LogP contribution in [0.1, 0.15) is 23.0 Å². The van der Waals surface area contributed by atoms with Crippen LogP contribution >= 0.6 is 22.7 Å². The van der Waals surface area contributed by atoms with E-state index in [-0.39, 0.29) is 12.2 Å². The summed E-state index contributed by atoms with van der Waals surface area (Å²) in [7, 11) is 0. The quantitative estimate of drug-likeness (QED) is 0.482. The van der Waals surface area contributed by atoms with E-state index in [9.17, 15) is 14.4 Å². The van der Waals surface area contributed by atoms with Crippen molar-refractivity contribution in [3.05, 3.63) is 57.7 Å². The molecule has 0 aliphatic carbocycles. The lowest BCUT2D eigenvalue weighted by molar-refractivity contribution is -0.146. The molecule has 27 heavy (non-hydrogen) atoms. The number of thiophene rings is 1. The zero-order valence-corrected chi connectivity index (χ0v) is 16.1. The smallest absolute Gasteiger partial charge is 0.312 e. The number of nitrogens with one attached hydrogen (secondary N) is 1. The molecule has 2 aromatic heterocycles. The van der Waals surface area contributed by atoms with Gasteiger partial charge in [0, 0.05) is 27.6 Å². The Morgan fingerprint density at radius 3 is 2.78 bits per heavy atom. The van der Waals surface area contributed by atoms with Gasteiger partial charge in [-0.1, -0.05) is 12.1 Å². The number of amides is 1. The molecule has 0 spiro atoms. The lowest BCUT2D eigenvalue weighted by Crippen LogP contribution is -2.21. The van der Waals surface area contributed by atoms with Gasteiger partial charge >= 0.3 is 5.97 Å². The maximum atomic E-state index is 11.9. The number of carbonyl (C=O) groups is 3. The van der Waals surface area contributed by atoms with Crippen molar-refractivity contribution in [2.45, 2.75) is 13.3 Å². The number of Topliss-reactive ketones (excluding diaryl/α,β-unsaturated/α-hetero) is 1. The van der Waals surface area contributed by atoms with Crippen molar-refractivity contribution < 1.29 is 19.1 Å². The van der Waals surface area contributed by atoms with Crippen molar-refractivity contribution >= 4 is 46.0 Å². The lowest BCUT2D eigenvalue weighted by atomic mass is 10.1. The third-order valence-corrected chi connectivity index (χ3v) is 5.19. The fourth-order valence-corrected chi connectivity index (χ4v) is 3.80. The summed E-state index contributed by atoms with van der Waals surface area (Å²) in [4.78, 5) is 39.6. The average Bonchev–Trinajstić information content (AvgIpc) is 3.31. The van der Waals surface area contributed by atoms with Crippen LogP contribution in [0, 0.1) is 0 Å². The van der Waals surface area contributed by atoms with Gasteiger partial charge in [0.2, 0.25) is 0 Å². The van der Waals surface area contributed by atoms with Crippen molar-refractivity contribution in [3.8, 4) is 10.6 Å². The Labute approximate surface area is 163 Å². The highest BCUT2D eigenvalue weighted by atomic mass is 32.1. The van der Waals surface area contributed by atoms with E-state index in [1.54, 1.807) is 35.6 Å². The van der Waals surface area contributed by atoms with E-state index in [1.165, 1.54) is 18.3 Å². The predicted octanol–water partition coefficient (Wildman–Crippen LogP) is 3.80. The summed E-state index contributed by atoms with van der Waals surface area (Å²) in [6, 6.07) is 8.54. The van der Waals surface area contributed by atoms with Crippen molar-refractivity contribution in [3.63, 3.8) is 0 Å². The monoisotopic (exact) mass is 400 g/mol. The fourth-order valence-electron chi connectivity index (χ4n) is 2.26. The summed E-state index contributed by atoms with van der Waals surface area (Å²) in [6.07, 6.45) is 0.00768. The van der Waals surface area contributed by atoms with E-state index in [2.05, 4.69) is 10.3 Å². The van der Waals surface area contributed by atoms with Gasteiger partial charge < -0.3 is 10.1 Å². The molecule has 3 rings (SSSR count). The van der Waals surface area contributed by atoms with E-state index in [0.29, 0.717) is 16.9 Å².